The molecule has 3 heterocycles. The molecule has 8 heteroatoms. The molecule has 1 fully saturated rings. The molecule has 0 spiro atoms. The Labute approximate surface area is 157 Å². The van der Waals surface area contributed by atoms with E-state index in [9.17, 15) is 8.42 Å². The minimum Gasteiger partial charge on any atom is -0.340 e. The zero-order chi connectivity index (χ0) is 18.3. The second-order valence-electron chi connectivity index (χ2n) is 6.42. The lowest BCUT2D eigenvalue weighted by Gasteiger charge is -2.34. The molecule has 26 heavy (non-hydrogen) atoms. The monoisotopic (exact) mass is 390 g/mol. The summed E-state index contributed by atoms with van der Waals surface area (Å²) in [7, 11) is -1.39. The highest BCUT2D eigenvalue weighted by Crippen LogP contribution is 2.27. The van der Waals surface area contributed by atoms with E-state index < -0.39 is 10.0 Å². The topological polar surface area (TPSA) is 58.4 Å². The van der Waals surface area contributed by atoms with Crippen molar-refractivity contribution in [1.82, 2.24) is 13.9 Å². The summed E-state index contributed by atoms with van der Waals surface area (Å²) in [5.41, 5.74) is 2.05. The first-order valence-electron chi connectivity index (χ1n) is 8.76. The van der Waals surface area contributed by atoms with Crippen LogP contribution in [-0.2, 0) is 23.5 Å². The highest BCUT2D eigenvalue weighted by atomic mass is 32.2. The Hall–Kier alpha value is -1.90. The molecule has 1 aromatic carbocycles. The number of nitrogens with zero attached hydrogens (tertiary/aromatic N) is 4. The Morgan fingerprint density at radius 2 is 1.81 bits per heavy atom. The molecular formula is C18H22N4O2S2. The van der Waals surface area contributed by atoms with Crippen molar-refractivity contribution < 1.29 is 8.42 Å². The van der Waals surface area contributed by atoms with Crippen LogP contribution in [0.15, 0.2) is 40.6 Å². The van der Waals surface area contributed by atoms with Gasteiger partial charge in [-0.15, -0.1) is 11.3 Å². The van der Waals surface area contributed by atoms with Crippen LogP contribution in [0.2, 0.25) is 0 Å². The molecule has 0 atom stereocenters. The van der Waals surface area contributed by atoms with Crippen LogP contribution in [0.4, 0.5) is 5.95 Å². The van der Waals surface area contributed by atoms with Gasteiger partial charge in [-0.05, 0) is 30.7 Å². The number of benzene rings is 1. The fourth-order valence-electron chi connectivity index (χ4n) is 3.36. The number of imidazole rings is 1. The number of hydrogen-bond donors (Lipinski definition) is 0. The summed E-state index contributed by atoms with van der Waals surface area (Å²) in [5, 5.41) is 0. The summed E-state index contributed by atoms with van der Waals surface area (Å²) in [6.07, 6.45) is 0.862. The van der Waals surface area contributed by atoms with Crippen molar-refractivity contribution in [3.63, 3.8) is 0 Å². The number of aromatic nitrogens is 2. The van der Waals surface area contributed by atoms with Crippen LogP contribution in [-0.4, -0.2) is 48.5 Å². The van der Waals surface area contributed by atoms with Gasteiger partial charge >= 0.3 is 0 Å². The zero-order valence-electron chi connectivity index (χ0n) is 14.9. The summed E-state index contributed by atoms with van der Waals surface area (Å²) in [4.78, 5) is 7.98. The predicted molar refractivity (Wildman–Crippen MR) is 105 cm³/mol. The lowest BCUT2D eigenvalue weighted by Crippen LogP contribution is -2.49. The van der Waals surface area contributed by atoms with E-state index in [0.29, 0.717) is 30.4 Å². The number of para-hydroxylation sites is 2. The van der Waals surface area contributed by atoms with Crippen molar-refractivity contribution in [3.05, 3.63) is 41.3 Å². The Kier molecular flexibility index (Phi) is 4.50. The van der Waals surface area contributed by atoms with Gasteiger partial charge in [0.05, 0.1) is 11.0 Å². The van der Waals surface area contributed by atoms with Crippen LogP contribution >= 0.6 is 11.3 Å². The van der Waals surface area contributed by atoms with E-state index >= 15 is 0 Å². The molecule has 1 saturated heterocycles. The summed E-state index contributed by atoms with van der Waals surface area (Å²) in [6.45, 7) is 4.28. The van der Waals surface area contributed by atoms with Gasteiger partial charge in [-0.2, -0.15) is 4.31 Å². The number of sulfonamides is 1. The van der Waals surface area contributed by atoms with Gasteiger partial charge in [-0.25, -0.2) is 13.4 Å². The fraction of sp³-hybridized carbons (Fsp3) is 0.389. The van der Waals surface area contributed by atoms with E-state index in [1.807, 2.05) is 38.2 Å². The highest BCUT2D eigenvalue weighted by Gasteiger charge is 2.30. The number of rotatable bonds is 4. The van der Waals surface area contributed by atoms with Crippen molar-refractivity contribution in [2.75, 3.05) is 31.1 Å². The molecule has 0 amide bonds. The minimum atomic E-state index is -3.39. The first kappa shape index (κ1) is 17.5. The number of hydrogen-bond acceptors (Lipinski definition) is 5. The lowest BCUT2D eigenvalue weighted by molar-refractivity contribution is 0.382. The maximum Gasteiger partial charge on any atom is 0.252 e. The van der Waals surface area contributed by atoms with Crippen LogP contribution in [0.5, 0.6) is 0 Å². The number of aryl methyl sites for hydroxylation is 2. The number of anilines is 1. The summed E-state index contributed by atoms with van der Waals surface area (Å²) in [6, 6.07) is 11.7. The summed E-state index contributed by atoms with van der Waals surface area (Å²) >= 11 is 1.38. The molecule has 0 bridgehead atoms. The third kappa shape index (κ3) is 2.91. The van der Waals surface area contributed by atoms with Gasteiger partial charge in [0.1, 0.15) is 4.21 Å². The van der Waals surface area contributed by atoms with Crippen LogP contribution in [0, 0.1) is 0 Å². The van der Waals surface area contributed by atoms with E-state index in [0.717, 1.165) is 28.3 Å². The molecule has 0 radical (unpaired) electrons. The molecular weight excluding hydrogens is 368 g/mol. The average Bonchev–Trinajstić information content (AvgIpc) is 3.28. The van der Waals surface area contributed by atoms with E-state index in [1.54, 1.807) is 10.4 Å². The Balaban J connectivity index is 1.52. The standard InChI is InChI=1S/C18H22N4O2S2/c1-3-14-8-9-17(25-14)26(23,24)22-12-10-21(11-13-22)18-19-15-6-4-5-7-16(15)20(18)2/h4-9H,3,10-13H2,1-2H3. The van der Waals surface area contributed by atoms with Crippen molar-refractivity contribution in [2.24, 2.45) is 7.05 Å². The maximum atomic E-state index is 12.9. The first-order chi connectivity index (χ1) is 12.5. The van der Waals surface area contributed by atoms with Crippen LogP contribution < -0.4 is 4.90 Å². The van der Waals surface area contributed by atoms with Crippen molar-refractivity contribution in [2.45, 2.75) is 17.6 Å². The van der Waals surface area contributed by atoms with Gasteiger partial charge in [-0.3, -0.25) is 0 Å². The molecule has 1 aliphatic rings. The van der Waals surface area contributed by atoms with Crippen LogP contribution in [0.1, 0.15) is 11.8 Å². The molecule has 0 aliphatic carbocycles. The first-order valence-corrected chi connectivity index (χ1v) is 11.0. The summed E-state index contributed by atoms with van der Waals surface area (Å²) < 4.78 is 29.8. The van der Waals surface area contributed by atoms with Gasteiger partial charge in [-0.1, -0.05) is 19.1 Å². The smallest absolute Gasteiger partial charge is 0.252 e. The number of piperazine rings is 1. The molecule has 6 nitrogen and oxygen atoms in total. The molecule has 2 aromatic heterocycles. The quantitative estimate of drug-likeness (QED) is 0.687. The van der Waals surface area contributed by atoms with Crippen LogP contribution in [0.3, 0.4) is 0 Å². The Morgan fingerprint density at radius 3 is 2.46 bits per heavy atom. The molecule has 0 unspecified atom stereocenters. The van der Waals surface area contributed by atoms with Gasteiger partial charge in [0, 0.05) is 38.1 Å². The molecule has 0 saturated carbocycles. The Morgan fingerprint density at radius 1 is 1.08 bits per heavy atom. The Bertz CT molecular complexity index is 1030. The van der Waals surface area contributed by atoms with Gasteiger partial charge in [0.25, 0.3) is 10.0 Å². The van der Waals surface area contributed by atoms with E-state index in [-0.39, 0.29) is 0 Å². The highest BCUT2D eigenvalue weighted by molar-refractivity contribution is 7.91. The molecule has 1 aliphatic heterocycles. The number of fused-ring (bicyclic) bond motifs is 1. The zero-order valence-corrected chi connectivity index (χ0v) is 16.6. The third-order valence-electron chi connectivity index (χ3n) is 4.86. The van der Waals surface area contributed by atoms with Crippen molar-refractivity contribution in [1.29, 1.82) is 0 Å². The van der Waals surface area contributed by atoms with E-state index in [1.165, 1.54) is 11.3 Å². The minimum absolute atomic E-state index is 0.450. The number of thiophene rings is 1. The SMILES string of the molecule is CCc1ccc(S(=O)(=O)N2CCN(c3nc4ccccc4n3C)CC2)s1. The van der Waals surface area contributed by atoms with Gasteiger partial charge in [0.15, 0.2) is 0 Å². The maximum absolute atomic E-state index is 12.9. The average molecular weight is 391 g/mol. The van der Waals surface area contributed by atoms with Crippen molar-refractivity contribution >= 4 is 38.3 Å². The second-order valence-corrected chi connectivity index (χ2v) is 9.76. The lowest BCUT2D eigenvalue weighted by atomic mass is 10.3. The van der Waals surface area contributed by atoms with Gasteiger partial charge in [0.2, 0.25) is 5.95 Å². The molecule has 138 valence electrons. The normalized spacial score (nSPS) is 16.5. The second kappa shape index (κ2) is 6.68. The molecule has 4 rings (SSSR count). The third-order valence-corrected chi connectivity index (χ3v) is 8.46. The molecule has 3 aromatic rings. The van der Waals surface area contributed by atoms with Crippen LogP contribution in [0.25, 0.3) is 11.0 Å². The summed E-state index contributed by atoms with van der Waals surface area (Å²) in [5.74, 6) is 0.896. The van der Waals surface area contributed by atoms with Gasteiger partial charge < -0.3 is 9.47 Å². The van der Waals surface area contributed by atoms with E-state index in [4.69, 9.17) is 4.98 Å². The largest absolute Gasteiger partial charge is 0.340 e. The fourth-order valence-corrected chi connectivity index (χ4v) is 6.23. The molecule has 0 N–H and O–H groups in total. The predicted octanol–water partition coefficient (Wildman–Crippen LogP) is 2.71. The van der Waals surface area contributed by atoms with E-state index in [2.05, 4.69) is 15.5 Å². The van der Waals surface area contributed by atoms with Crippen molar-refractivity contribution in [3.8, 4) is 0 Å².